The largest absolute Gasteiger partial charge is 0.494 e. The summed E-state index contributed by atoms with van der Waals surface area (Å²) in [4.78, 5) is 17.6. The minimum absolute atomic E-state index is 0.0195. The number of anilines is 1. The van der Waals surface area contributed by atoms with Gasteiger partial charge in [0, 0.05) is 29.2 Å². The van der Waals surface area contributed by atoms with Gasteiger partial charge in [0.25, 0.3) is 0 Å². The van der Waals surface area contributed by atoms with E-state index in [1.807, 2.05) is 43.3 Å². The van der Waals surface area contributed by atoms with Crippen molar-refractivity contribution in [3.05, 3.63) is 71.6 Å². The number of aromatic nitrogens is 3. The monoisotopic (exact) mass is 376 g/mol. The number of Topliss-reactive ketones (excluding diaryl/α,β-unsaturated/α-hetero) is 1. The van der Waals surface area contributed by atoms with Crippen molar-refractivity contribution >= 4 is 11.7 Å². The molecule has 0 bridgehead atoms. The second kappa shape index (κ2) is 6.67. The Morgan fingerprint density at radius 3 is 2.96 bits per heavy atom. The first-order valence-corrected chi connectivity index (χ1v) is 9.44. The van der Waals surface area contributed by atoms with Crippen LogP contribution in [0.2, 0.25) is 0 Å². The van der Waals surface area contributed by atoms with Crippen LogP contribution in [-0.2, 0) is 4.79 Å². The molecule has 2 aliphatic rings. The Bertz CT molecular complexity index is 1050. The molecule has 1 aliphatic carbocycles. The van der Waals surface area contributed by atoms with Crippen LogP contribution in [0, 0.1) is 0 Å². The molecule has 0 spiro atoms. The van der Waals surface area contributed by atoms with Gasteiger partial charge in [0.2, 0.25) is 5.95 Å². The number of fused-ring (bicyclic) bond motifs is 1. The fourth-order valence-electron chi connectivity index (χ4n) is 4.16. The van der Waals surface area contributed by atoms with Gasteiger partial charge in [0.1, 0.15) is 23.9 Å². The van der Waals surface area contributed by atoms with Gasteiger partial charge in [0.15, 0.2) is 5.78 Å². The Hall–Kier alpha value is -3.35. The third-order valence-corrected chi connectivity index (χ3v) is 5.32. The molecule has 3 aromatic rings. The predicted octanol–water partition coefficient (Wildman–Crippen LogP) is 3.69. The molecule has 1 aromatic carbocycles. The molecule has 28 heavy (non-hydrogen) atoms. The highest BCUT2D eigenvalue weighted by Gasteiger charge is 2.40. The van der Waals surface area contributed by atoms with Crippen molar-refractivity contribution in [1.29, 1.82) is 0 Å². The number of ketones is 1. The fourth-order valence-corrected chi connectivity index (χ4v) is 4.16. The number of hydrogen-bond donors (Lipinski definition) is 1. The maximum Gasteiger partial charge on any atom is 0.226 e. The summed E-state index contributed by atoms with van der Waals surface area (Å²) < 4.78 is 13.2. The zero-order valence-electron chi connectivity index (χ0n) is 15.5. The standard InChI is InChI=1S/C21H20N4O3/c1-2-27-18-7-4-3-6-14(18)20-19-15(24-21-22-12-23-25(20)21)10-13(11-16(19)26)17-8-5-9-28-17/h3-9,12-13,20H,2,10-11H2,1H3,(H,22,23,24). The number of rotatable bonds is 4. The third-order valence-electron chi connectivity index (χ3n) is 5.32. The molecule has 0 amide bonds. The van der Waals surface area contributed by atoms with Gasteiger partial charge in [-0.25, -0.2) is 4.68 Å². The van der Waals surface area contributed by atoms with Gasteiger partial charge in [-0.05, 0) is 31.5 Å². The van der Waals surface area contributed by atoms with E-state index < -0.39 is 0 Å². The van der Waals surface area contributed by atoms with E-state index in [0.717, 1.165) is 28.3 Å². The number of benzene rings is 1. The number of ether oxygens (including phenoxy) is 1. The van der Waals surface area contributed by atoms with Crippen molar-refractivity contribution < 1.29 is 13.9 Å². The molecule has 1 aliphatic heterocycles. The van der Waals surface area contributed by atoms with Gasteiger partial charge in [-0.2, -0.15) is 10.1 Å². The molecule has 0 radical (unpaired) electrons. The topological polar surface area (TPSA) is 82.2 Å². The SMILES string of the molecule is CCOc1ccccc1C1C2=C(CC(c3ccco3)CC2=O)Nc2ncnn21. The van der Waals surface area contributed by atoms with Crippen molar-refractivity contribution in [3.63, 3.8) is 0 Å². The molecular formula is C21H20N4O3. The molecule has 2 aromatic heterocycles. The van der Waals surface area contributed by atoms with Crippen LogP contribution in [-0.4, -0.2) is 27.2 Å². The molecule has 2 unspecified atom stereocenters. The maximum atomic E-state index is 13.3. The Kier molecular flexibility index (Phi) is 4.00. The smallest absolute Gasteiger partial charge is 0.226 e. The first-order valence-electron chi connectivity index (χ1n) is 9.44. The van der Waals surface area contributed by atoms with Gasteiger partial charge in [-0.1, -0.05) is 18.2 Å². The van der Waals surface area contributed by atoms with E-state index in [2.05, 4.69) is 15.4 Å². The molecule has 7 heteroatoms. The van der Waals surface area contributed by atoms with E-state index in [-0.39, 0.29) is 17.7 Å². The molecule has 5 rings (SSSR count). The Labute approximate surface area is 162 Å². The lowest BCUT2D eigenvalue weighted by molar-refractivity contribution is -0.117. The number of nitrogens with one attached hydrogen (secondary N) is 1. The molecule has 142 valence electrons. The van der Waals surface area contributed by atoms with Gasteiger partial charge >= 0.3 is 0 Å². The summed E-state index contributed by atoms with van der Waals surface area (Å²) in [7, 11) is 0. The van der Waals surface area contributed by atoms with Crippen LogP contribution in [0.4, 0.5) is 5.95 Å². The average molecular weight is 376 g/mol. The quantitative estimate of drug-likeness (QED) is 0.748. The van der Waals surface area contributed by atoms with Crippen molar-refractivity contribution in [3.8, 4) is 5.75 Å². The van der Waals surface area contributed by atoms with E-state index >= 15 is 0 Å². The molecule has 0 saturated carbocycles. The minimum Gasteiger partial charge on any atom is -0.494 e. The molecule has 3 heterocycles. The van der Waals surface area contributed by atoms with Crippen LogP contribution in [0.15, 0.2) is 64.7 Å². The molecule has 7 nitrogen and oxygen atoms in total. The van der Waals surface area contributed by atoms with E-state index in [9.17, 15) is 4.79 Å². The first-order chi connectivity index (χ1) is 13.8. The second-order valence-corrected chi connectivity index (χ2v) is 6.96. The molecule has 1 N–H and O–H groups in total. The lowest BCUT2D eigenvalue weighted by Gasteiger charge is -2.35. The van der Waals surface area contributed by atoms with Crippen LogP contribution in [0.25, 0.3) is 0 Å². The number of para-hydroxylation sites is 1. The van der Waals surface area contributed by atoms with Crippen LogP contribution < -0.4 is 10.1 Å². The highest BCUT2D eigenvalue weighted by molar-refractivity contribution is 6.00. The number of furan rings is 1. The normalized spacial score (nSPS) is 21.1. The number of carbonyl (C=O) groups excluding carboxylic acids is 1. The summed E-state index contributed by atoms with van der Waals surface area (Å²) in [6.45, 7) is 2.50. The van der Waals surface area contributed by atoms with Crippen molar-refractivity contribution in [1.82, 2.24) is 14.8 Å². The number of hydrogen-bond acceptors (Lipinski definition) is 6. The van der Waals surface area contributed by atoms with Gasteiger partial charge in [-0.3, -0.25) is 4.79 Å². The van der Waals surface area contributed by atoms with Crippen LogP contribution >= 0.6 is 0 Å². The van der Waals surface area contributed by atoms with E-state index in [0.29, 0.717) is 25.4 Å². The lowest BCUT2D eigenvalue weighted by atomic mass is 9.79. The van der Waals surface area contributed by atoms with Gasteiger partial charge < -0.3 is 14.5 Å². The predicted molar refractivity (Wildman–Crippen MR) is 102 cm³/mol. The van der Waals surface area contributed by atoms with Crippen molar-refractivity contribution in [2.24, 2.45) is 0 Å². The van der Waals surface area contributed by atoms with Crippen molar-refractivity contribution in [2.75, 3.05) is 11.9 Å². The molecular weight excluding hydrogens is 356 g/mol. The van der Waals surface area contributed by atoms with Crippen LogP contribution in [0.1, 0.15) is 43.0 Å². The van der Waals surface area contributed by atoms with E-state index in [1.165, 1.54) is 6.33 Å². The zero-order chi connectivity index (χ0) is 19.1. The number of nitrogens with zero attached hydrogens (tertiary/aromatic N) is 3. The second-order valence-electron chi connectivity index (χ2n) is 6.96. The van der Waals surface area contributed by atoms with Gasteiger partial charge in [-0.15, -0.1) is 0 Å². The summed E-state index contributed by atoms with van der Waals surface area (Å²) in [5, 5.41) is 7.71. The maximum absolute atomic E-state index is 13.3. The fraction of sp³-hybridized carbons (Fsp3) is 0.286. The molecule has 0 fully saturated rings. The zero-order valence-corrected chi connectivity index (χ0v) is 15.5. The Balaban J connectivity index is 1.63. The Morgan fingerprint density at radius 1 is 1.25 bits per heavy atom. The lowest BCUT2D eigenvalue weighted by Crippen LogP contribution is -2.33. The summed E-state index contributed by atoms with van der Waals surface area (Å²) in [6.07, 6.45) is 4.25. The number of carbonyl (C=O) groups is 1. The van der Waals surface area contributed by atoms with E-state index in [1.54, 1.807) is 10.9 Å². The van der Waals surface area contributed by atoms with Crippen LogP contribution in [0.3, 0.4) is 0 Å². The summed E-state index contributed by atoms with van der Waals surface area (Å²) >= 11 is 0. The highest BCUT2D eigenvalue weighted by atomic mass is 16.5. The molecule has 0 saturated heterocycles. The average Bonchev–Trinajstić information content (AvgIpc) is 3.39. The summed E-state index contributed by atoms with van der Waals surface area (Å²) in [5.74, 6) is 2.33. The first kappa shape index (κ1) is 16.8. The Morgan fingerprint density at radius 2 is 2.14 bits per heavy atom. The van der Waals surface area contributed by atoms with Crippen molar-refractivity contribution in [2.45, 2.75) is 31.7 Å². The summed E-state index contributed by atoms with van der Waals surface area (Å²) in [5.41, 5.74) is 2.53. The minimum atomic E-state index is -0.360. The van der Waals surface area contributed by atoms with Crippen LogP contribution in [0.5, 0.6) is 5.75 Å². The molecule has 2 atom stereocenters. The summed E-state index contributed by atoms with van der Waals surface area (Å²) in [6, 6.07) is 11.2. The highest BCUT2D eigenvalue weighted by Crippen LogP contribution is 2.45. The number of allylic oxidation sites excluding steroid dienone is 2. The van der Waals surface area contributed by atoms with E-state index in [4.69, 9.17) is 9.15 Å². The third kappa shape index (κ3) is 2.62. The van der Waals surface area contributed by atoms with Gasteiger partial charge in [0.05, 0.1) is 12.9 Å².